The molecule has 126 valence electrons. The second kappa shape index (κ2) is 6.33. The van der Waals surface area contributed by atoms with E-state index in [2.05, 4.69) is 0 Å². The van der Waals surface area contributed by atoms with E-state index in [1.807, 2.05) is 30.3 Å². The third kappa shape index (κ3) is 2.78. The molecular formula is C22H15NO3. The Balaban J connectivity index is 1.68. The second-order valence-corrected chi connectivity index (χ2v) is 6.00. The van der Waals surface area contributed by atoms with Crippen molar-refractivity contribution in [2.24, 2.45) is 0 Å². The Hall–Kier alpha value is -3.66. The van der Waals surface area contributed by atoms with E-state index in [4.69, 9.17) is 10.5 Å². The molecule has 0 atom stereocenters. The number of ether oxygens (including phenoxy) is 1. The number of hydrogen-bond acceptors (Lipinski definition) is 4. The van der Waals surface area contributed by atoms with Gasteiger partial charge in [-0.2, -0.15) is 0 Å². The summed E-state index contributed by atoms with van der Waals surface area (Å²) < 4.78 is 5.47. The van der Waals surface area contributed by atoms with Gasteiger partial charge in [0, 0.05) is 16.8 Å². The number of allylic oxidation sites excluding steroid dienone is 5. The van der Waals surface area contributed by atoms with Gasteiger partial charge in [-0.1, -0.05) is 42.5 Å². The van der Waals surface area contributed by atoms with E-state index < -0.39 is 0 Å². The average Bonchev–Trinajstić information content (AvgIpc) is 2.93. The Labute approximate surface area is 150 Å². The van der Waals surface area contributed by atoms with E-state index in [1.54, 1.807) is 42.5 Å². The monoisotopic (exact) mass is 341 g/mol. The molecule has 0 saturated heterocycles. The lowest BCUT2D eigenvalue weighted by atomic mass is 10.0. The maximum absolute atomic E-state index is 12.6. The van der Waals surface area contributed by atoms with E-state index in [9.17, 15) is 9.59 Å². The summed E-state index contributed by atoms with van der Waals surface area (Å²) in [5.74, 6) is 0.0545. The van der Waals surface area contributed by atoms with Crippen molar-refractivity contribution in [1.82, 2.24) is 0 Å². The van der Waals surface area contributed by atoms with E-state index >= 15 is 0 Å². The molecule has 0 unspecified atom stereocenters. The highest BCUT2D eigenvalue weighted by Gasteiger charge is 2.34. The molecule has 26 heavy (non-hydrogen) atoms. The molecule has 2 aliphatic rings. The number of carbonyl (C=O) groups excluding carboxylic acids is 2. The summed E-state index contributed by atoms with van der Waals surface area (Å²) in [5.41, 5.74) is 8.98. The molecule has 4 nitrogen and oxygen atoms in total. The van der Waals surface area contributed by atoms with Crippen molar-refractivity contribution in [3.05, 3.63) is 107 Å². The molecule has 2 aromatic rings. The lowest BCUT2D eigenvalue weighted by Gasteiger charge is -2.09. The molecule has 4 heteroatoms. The molecule has 0 aromatic heterocycles. The largest absolute Gasteiger partial charge is 0.465 e. The van der Waals surface area contributed by atoms with Crippen LogP contribution in [-0.2, 0) is 4.74 Å². The first kappa shape index (κ1) is 15.8. The number of benzene rings is 2. The minimum absolute atomic E-state index is 0.184. The van der Waals surface area contributed by atoms with Crippen LogP contribution in [0.4, 0.5) is 5.69 Å². The molecule has 0 saturated carbocycles. The number of hydrogen-bond donors (Lipinski definition) is 1. The molecular weight excluding hydrogens is 326 g/mol. The number of fused-ring (bicyclic) bond motifs is 1. The van der Waals surface area contributed by atoms with Gasteiger partial charge in [0.05, 0.1) is 11.8 Å². The summed E-state index contributed by atoms with van der Waals surface area (Å²) in [6.07, 6.45) is 8.48. The summed E-state index contributed by atoms with van der Waals surface area (Å²) in [6.45, 7) is 0. The lowest BCUT2D eigenvalue weighted by Crippen LogP contribution is -2.05. The van der Waals surface area contributed by atoms with Crippen molar-refractivity contribution in [3.63, 3.8) is 0 Å². The van der Waals surface area contributed by atoms with E-state index in [0.717, 1.165) is 5.56 Å². The van der Waals surface area contributed by atoms with Crippen LogP contribution in [0.15, 0.2) is 89.9 Å². The topological polar surface area (TPSA) is 69.4 Å². The lowest BCUT2D eigenvalue weighted by molar-refractivity contribution is 0.0988. The SMILES string of the molecule is Nc1ccc(/C=C/C2=CC(=C3C(=O)c4ccccc4C3=O)C=CO2)cc1. The fourth-order valence-electron chi connectivity index (χ4n) is 2.96. The minimum Gasteiger partial charge on any atom is -0.465 e. The predicted octanol–water partition coefficient (Wildman–Crippen LogP) is 4.09. The van der Waals surface area contributed by atoms with Gasteiger partial charge in [0.1, 0.15) is 5.76 Å². The van der Waals surface area contributed by atoms with Crippen LogP contribution in [0.2, 0.25) is 0 Å². The van der Waals surface area contributed by atoms with Gasteiger partial charge < -0.3 is 10.5 Å². The highest BCUT2D eigenvalue weighted by atomic mass is 16.5. The normalized spacial score (nSPS) is 16.1. The average molecular weight is 341 g/mol. The smallest absolute Gasteiger partial charge is 0.198 e. The van der Waals surface area contributed by atoms with Crippen molar-refractivity contribution in [3.8, 4) is 0 Å². The first-order valence-electron chi connectivity index (χ1n) is 8.15. The maximum Gasteiger partial charge on any atom is 0.198 e. The summed E-state index contributed by atoms with van der Waals surface area (Å²) in [7, 11) is 0. The Morgan fingerprint density at radius 3 is 2.15 bits per heavy atom. The van der Waals surface area contributed by atoms with Gasteiger partial charge in [-0.05, 0) is 41.5 Å². The fraction of sp³-hybridized carbons (Fsp3) is 0. The Morgan fingerprint density at radius 2 is 1.50 bits per heavy atom. The van der Waals surface area contributed by atoms with E-state index in [1.165, 1.54) is 6.26 Å². The van der Waals surface area contributed by atoms with Crippen LogP contribution in [-0.4, -0.2) is 11.6 Å². The van der Waals surface area contributed by atoms with Crippen LogP contribution < -0.4 is 5.73 Å². The van der Waals surface area contributed by atoms with Gasteiger partial charge in [0.15, 0.2) is 11.6 Å². The Bertz CT molecular complexity index is 1000. The van der Waals surface area contributed by atoms with Crippen molar-refractivity contribution in [2.45, 2.75) is 0 Å². The molecule has 1 aliphatic heterocycles. The number of Topliss-reactive ketones (excluding diaryl/α,β-unsaturated/α-hetero) is 2. The van der Waals surface area contributed by atoms with Gasteiger partial charge in [-0.25, -0.2) is 0 Å². The van der Waals surface area contributed by atoms with Crippen molar-refractivity contribution in [1.29, 1.82) is 0 Å². The van der Waals surface area contributed by atoms with Gasteiger partial charge in [-0.15, -0.1) is 0 Å². The van der Waals surface area contributed by atoms with Crippen molar-refractivity contribution < 1.29 is 14.3 Å². The standard InChI is InChI=1S/C22H15NO3/c23-16-8-5-14(6-9-16)7-10-17-13-15(11-12-26-17)20-21(24)18-3-1-2-4-19(18)22(20)25/h1-13H,23H2/b10-7+. The summed E-state index contributed by atoms with van der Waals surface area (Å²) >= 11 is 0. The molecule has 0 amide bonds. The van der Waals surface area contributed by atoms with Gasteiger partial charge in [-0.3, -0.25) is 9.59 Å². The maximum atomic E-state index is 12.6. The van der Waals surface area contributed by atoms with Crippen LogP contribution in [0, 0.1) is 0 Å². The highest BCUT2D eigenvalue weighted by Crippen LogP contribution is 2.31. The van der Waals surface area contributed by atoms with Crippen molar-refractivity contribution >= 4 is 23.3 Å². The Kier molecular flexibility index (Phi) is 3.86. The number of carbonyl (C=O) groups is 2. The third-order valence-electron chi connectivity index (χ3n) is 4.29. The molecule has 2 aromatic carbocycles. The van der Waals surface area contributed by atoms with E-state index in [-0.39, 0.29) is 17.1 Å². The van der Waals surface area contributed by atoms with Gasteiger partial charge in [0.25, 0.3) is 0 Å². The van der Waals surface area contributed by atoms with Crippen LogP contribution in [0.3, 0.4) is 0 Å². The van der Waals surface area contributed by atoms with Crippen LogP contribution in [0.5, 0.6) is 0 Å². The molecule has 1 heterocycles. The summed E-state index contributed by atoms with van der Waals surface area (Å²) in [6, 6.07) is 14.3. The molecule has 1 aliphatic carbocycles. The molecule has 0 bridgehead atoms. The molecule has 4 rings (SSSR count). The number of rotatable bonds is 2. The first-order chi connectivity index (χ1) is 12.6. The van der Waals surface area contributed by atoms with Gasteiger partial charge >= 0.3 is 0 Å². The van der Waals surface area contributed by atoms with Crippen LogP contribution in [0.25, 0.3) is 6.08 Å². The van der Waals surface area contributed by atoms with Crippen molar-refractivity contribution in [2.75, 3.05) is 5.73 Å². The first-order valence-corrected chi connectivity index (χ1v) is 8.15. The molecule has 2 N–H and O–H groups in total. The zero-order valence-electron chi connectivity index (χ0n) is 13.8. The molecule has 0 fully saturated rings. The fourth-order valence-corrected chi connectivity index (χ4v) is 2.96. The number of nitrogens with two attached hydrogens (primary N) is 1. The zero-order valence-corrected chi connectivity index (χ0v) is 13.8. The third-order valence-corrected chi connectivity index (χ3v) is 4.29. The number of ketones is 2. The highest BCUT2D eigenvalue weighted by molar-refractivity contribution is 6.40. The summed E-state index contributed by atoms with van der Waals surface area (Å²) in [4.78, 5) is 25.2. The van der Waals surface area contributed by atoms with Gasteiger partial charge in [0.2, 0.25) is 0 Å². The minimum atomic E-state index is -0.245. The molecule has 0 radical (unpaired) electrons. The molecule has 0 spiro atoms. The second-order valence-electron chi connectivity index (χ2n) is 6.00. The van der Waals surface area contributed by atoms with E-state index in [0.29, 0.717) is 28.1 Å². The van der Waals surface area contributed by atoms with Crippen LogP contribution in [0.1, 0.15) is 26.3 Å². The summed E-state index contributed by atoms with van der Waals surface area (Å²) in [5, 5.41) is 0. The zero-order chi connectivity index (χ0) is 18.1. The van der Waals surface area contributed by atoms with Crippen LogP contribution >= 0.6 is 0 Å². The predicted molar refractivity (Wildman–Crippen MR) is 100 cm³/mol. The Morgan fingerprint density at radius 1 is 0.846 bits per heavy atom. The quantitative estimate of drug-likeness (QED) is 0.507. The number of nitrogen functional groups attached to an aromatic ring is 1. The number of anilines is 1.